The van der Waals surface area contributed by atoms with Gasteiger partial charge in [0.15, 0.2) is 0 Å². The van der Waals surface area contributed by atoms with Gasteiger partial charge in [0.25, 0.3) is 5.56 Å². The van der Waals surface area contributed by atoms with E-state index in [9.17, 15) is 9.90 Å². The van der Waals surface area contributed by atoms with Gasteiger partial charge in [0.1, 0.15) is 11.2 Å². The summed E-state index contributed by atoms with van der Waals surface area (Å²) in [5, 5.41) is 17.4. The van der Waals surface area contributed by atoms with Crippen molar-refractivity contribution in [2.24, 2.45) is 0 Å². The lowest BCUT2D eigenvalue weighted by Gasteiger charge is -2.13. The number of aromatic nitrogens is 3. The summed E-state index contributed by atoms with van der Waals surface area (Å²) < 4.78 is 3.06. The van der Waals surface area contributed by atoms with Crippen molar-refractivity contribution in [1.29, 1.82) is 0 Å². The number of fused-ring (bicyclic) bond motifs is 1. The van der Waals surface area contributed by atoms with E-state index in [1.165, 1.54) is 4.57 Å². The van der Waals surface area contributed by atoms with Gasteiger partial charge < -0.3 is 9.67 Å². The zero-order valence-electron chi connectivity index (χ0n) is 13.0. The molecule has 0 spiro atoms. The molecular formula is C18H14ClN3O2S. The number of thiophene rings is 1. The topological polar surface area (TPSA) is 59.5 Å². The van der Waals surface area contributed by atoms with Gasteiger partial charge in [-0.25, -0.2) is 4.52 Å². The maximum atomic E-state index is 12.7. The summed E-state index contributed by atoms with van der Waals surface area (Å²) in [4.78, 5) is 13.7. The molecule has 0 aliphatic heterocycles. The molecule has 1 aromatic carbocycles. The lowest BCUT2D eigenvalue weighted by Crippen LogP contribution is -2.24. The first-order valence-electron chi connectivity index (χ1n) is 7.68. The molecule has 25 heavy (non-hydrogen) atoms. The van der Waals surface area contributed by atoms with Crippen LogP contribution in [0.15, 0.2) is 65.0 Å². The van der Waals surface area contributed by atoms with Crippen molar-refractivity contribution in [3.05, 3.63) is 81.2 Å². The van der Waals surface area contributed by atoms with Crippen LogP contribution in [0.25, 0.3) is 16.1 Å². The molecule has 126 valence electrons. The molecule has 0 fully saturated rings. The molecule has 1 atom stereocenters. The molecule has 0 aliphatic carbocycles. The molecule has 3 heterocycles. The molecule has 0 bridgehead atoms. The van der Waals surface area contributed by atoms with Crippen LogP contribution in [0, 0.1) is 0 Å². The first-order valence-corrected chi connectivity index (χ1v) is 8.94. The van der Waals surface area contributed by atoms with E-state index in [0.717, 1.165) is 10.6 Å². The molecule has 0 amide bonds. The average Bonchev–Trinajstić information content (AvgIpc) is 3.26. The van der Waals surface area contributed by atoms with Gasteiger partial charge in [0.2, 0.25) is 0 Å². The van der Waals surface area contributed by atoms with Gasteiger partial charge >= 0.3 is 0 Å². The van der Waals surface area contributed by atoms with Crippen molar-refractivity contribution in [3.8, 4) is 10.6 Å². The Morgan fingerprint density at radius 1 is 1.20 bits per heavy atom. The van der Waals surface area contributed by atoms with Gasteiger partial charge in [-0.15, -0.1) is 11.3 Å². The lowest BCUT2D eigenvalue weighted by molar-refractivity contribution is 0.155. The lowest BCUT2D eigenvalue weighted by atomic mass is 10.1. The van der Waals surface area contributed by atoms with E-state index >= 15 is 0 Å². The van der Waals surface area contributed by atoms with Crippen molar-refractivity contribution in [1.82, 2.24) is 14.2 Å². The second kappa shape index (κ2) is 6.48. The van der Waals surface area contributed by atoms with Crippen molar-refractivity contribution in [2.45, 2.75) is 12.6 Å². The summed E-state index contributed by atoms with van der Waals surface area (Å²) in [7, 11) is 0. The number of benzene rings is 1. The highest BCUT2D eigenvalue weighted by Crippen LogP contribution is 2.23. The van der Waals surface area contributed by atoms with Gasteiger partial charge in [-0.3, -0.25) is 4.79 Å². The zero-order chi connectivity index (χ0) is 17.4. The van der Waals surface area contributed by atoms with Crippen LogP contribution in [0.2, 0.25) is 5.02 Å². The standard InChI is InChI=1S/C18H14ClN3O2S/c19-13-4-1-3-12(9-13)16(23)11-21-6-7-22-15(18(21)24)10-14(20-22)17-5-2-8-25-17/h1-10,16,23H,11H2/t16-/m1/s1. The molecule has 0 unspecified atom stereocenters. The molecule has 0 aliphatic rings. The maximum absolute atomic E-state index is 12.7. The third kappa shape index (κ3) is 3.11. The minimum atomic E-state index is -0.821. The van der Waals surface area contributed by atoms with Crippen LogP contribution in [-0.2, 0) is 6.54 Å². The maximum Gasteiger partial charge on any atom is 0.276 e. The first-order chi connectivity index (χ1) is 12.1. The van der Waals surface area contributed by atoms with Crippen LogP contribution in [0.1, 0.15) is 11.7 Å². The third-order valence-electron chi connectivity index (χ3n) is 3.98. The molecule has 0 radical (unpaired) electrons. The number of nitrogens with zero attached hydrogens (tertiary/aromatic N) is 3. The first kappa shape index (κ1) is 16.1. The Kier molecular flexibility index (Phi) is 4.17. The van der Waals surface area contributed by atoms with Gasteiger partial charge in [-0.2, -0.15) is 5.10 Å². The zero-order valence-corrected chi connectivity index (χ0v) is 14.6. The van der Waals surface area contributed by atoms with E-state index < -0.39 is 6.10 Å². The fourth-order valence-corrected chi connectivity index (χ4v) is 3.60. The van der Waals surface area contributed by atoms with Gasteiger partial charge in [0.05, 0.1) is 17.5 Å². The Morgan fingerprint density at radius 3 is 2.84 bits per heavy atom. The summed E-state index contributed by atoms with van der Waals surface area (Å²) in [6.07, 6.45) is 2.53. The number of hydrogen-bond donors (Lipinski definition) is 1. The van der Waals surface area contributed by atoms with Crippen molar-refractivity contribution < 1.29 is 5.11 Å². The molecular weight excluding hydrogens is 358 g/mol. The van der Waals surface area contributed by atoms with Crippen LogP contribution in [0.3, 0.4) is 0 Å². The van der Waals surface area contributed by atoms with E-state index in [2.05, 4.69) is 5.10 Å². The second-order valence-corrected chi connectivity index (χ2v) is 7.05. The Morgan fingerprint density at radius 2 is 2.08 bits per heavy atom. The molecule has 0 saturated carbocycles. The van der Waals surface area contributed by atoms with Gasteiger partial charge in [-0.05, 0) is 35.2 Å². The number of aliphatic hydroxyl groups excluding tert-OH is 1. The third-order valence-corrected chi connectivity index (χ3v) is 5.11. The van der Waals surface area contributed by atoms with Crippen molar-refractivity contribution in [2.75, 3.05) is 0 Å². The number of rotatable bonds is 4. The summed E-state index contributed by atoms with van der Waals surface area (Å²) in [5.74, 6) is 0. The van der Waals surface area contributed by atoms with E-state index in [0.29, 0.717) is 16.1 Å². The summed E-state index contributed by atoms with van der Waals surface area (Å²) in [5.41, 5.74) is 1.72. The fourth-order valence-electron chi connectivity index (χ4n) is 2.72. The molecule has 4 rings (SSSR count). The van der Waals surface area contributed by atoms with E-state index in [-0.39, 0.29) is 12.1 Å². The Balaban J connectivity index is 1.68. The number of halogens is 1. The Hall–Kier alpha value is -2.41. The number of aliphatic hydroxyl groups is 1. The molecule has 0 saturated heterocycles. The van der Waals surface area contributed by atoms with Crippen LogP contribution >= 0.6 is 22.9 Å². The second-order valence-electron chi connectivity index (χ2n) is 5.66. The monoisotopic (exact) mass is 371 g/mol. The van der Waals surface area contributed by atoms with Gasteiger partial charge in [-0.1, -0.05) is 29.8 Å². The molecule has 5 nitrogen and oxygen atoms in total. The van der Waals surface area contributed by atoms with Crippen LogP contribution < -0.4 is 5.56 Å². The predicted octanol–water partition coefficient (Wildman–Crippen LogP) is 3.61. The van der Waals surface area contributed by atoms with Crippen molar-refractivity contribution >= 4 is 28.5 Å². The quantitative estimate of drug-likeness (QED) is 0.596. The SMILES string of the molecule is O=c1c2cc(-c3cccs3)nn2ccn1C[C@@H](O)c1cccc(Cl)c1. The minimum Gasteiger partial charge on any atom is -0.387 e. The van der Waals surface area contributed by atoms with Crippen LogP contribution in [0.5, 0.6) is 0 Å². The summed E-state index contributed by atoms with van der Waals surface area (Å²) >= 11 is 7.54. The summed E-state index contributed by atoms with van der Waals surface area (Å²) in [6.45, 7) is 0.148. The van der Waals surface area contributed by atoms with Crippen LogP contribution in [-0.4, -0.2) is 19.3 Å². The Bertz CT molecular complexity index is 1090. The average molecular weight is 372 g/mol. The van der Waals surface area contributed by atoms with Gasteiger partial charge in [0, 0.05) is 17.4 Å². The molecule has 4 aromatic rings. The van der Waals surface area contributed by atoms with E-state index in [4.69, 9.17) is 11.6 Å². The molecule has 1 N–H and O–H groups in total. The van der Waals surface area contributed by atoms with E-state index in [1.807, 2.05) is 17.5 Å². The largest absolute Gasteiger partial charge is 0.387 e. The smallest absolute Gasteiger partial charge is 0.276 e. The Labute approximate surface area is 152 Å². The molecule has 7 heteroatoms. The minimum absolute atomic E-state index is 0.148. The highest BCUT2D eigenvalue weighted by molar-refractivity contribution is 7.13. The van der Waals surface area contributed by atoms with Crippen molar-refractivity contribution in [3.63, 3.8) is 0 Å². The fraction of sp³-hybridized carbons (Fsp3) is 0.111. The number of hydrogen-bond acceptors (Lipinski definition) is 4. The highest BCUT2D eigenvalue weighted by Gasteiger charge is 2.13. The highest BCUT2D eigenvalue weighted by atomic mass is 35.5. The normalized spacial score (nSPS) is 12.6. The van der Waals surface area contributed by atoms with Crippen LogP contribution in [0.4, 0.5) is 0 Å². The predicted molar refractivity (Wildman–Crippen MR) is 99.2 cm³/mol. The molecule has 3 aromatic heterocycles. The summed E-state index contributed by atoms with van der Waals surface area (Å²) in [6, 6.07) is 12.7. The van der Waals surface area contributed by atoms with E-state index in [1.54, 1.807) is 58.6 Å².